The van der Waals surface area contributed by atoms with Crippen LogP contribution in [0.25, 0.3) is 11.3 Å². The number of nitrogens with zero attached hydrogens (tertiary/aromatic N) is 2. The summed E-state index contributed by atoms with van der Waals surface area (Å²) in [5.41, 5.74) is 1.63. The Morgan fingerprint density at radius 3 is 2.50 bits per heavy atom. The van der Waals surface area contributed by atoms with Crippen molar-refractivity contribution in [2.75, 3.05) is 0 Å². The van der Waals surface area contributed by atoms with Crippen LogP contribution in [0, 0.1) is 5.82 Å². The molecule has 2 nitrogen and oxygen atoms in total. The molecule has 1 aromatic heterocycles. The Balaban J connectivity index is 2.50. The third-order valence-electron chi connectivity index (χ3n) is 1.79. The van der Waals surface area contributed by atoms with Gasteiger partial charge >= 0.3 is 0 Å². The van der Waals surface area contributed by atoms with Crippen molar-refractivity contribution in [1.82, 2.24) is 9.97 Å². The molecule has 0 N–H and O–H groups in total. The minimum Gasteiger partial charge on any atom is -0.244 e. The first kappa shape index (κ1) is 9.27. The number of hydrogen-bond donors (Lipinski definition) is 0. The van der Waals surface area contributed by atoms with E-state index in [2.05, 4.69) is 25.9 Å². The standard InChI is InChI=1S/C10H6BrFN2/c11-9-5-13-6-14-10(9)7-1-3-8(12)4-2-7/h1-6H. The van der Waals surface area contributed by atoms with Gasteiger partial charge in [0, 0.05) is 11.8 Å². The Labute approximate surface area is 89.0 Å². The van der Waals surface area contributed by atoms with E-state index in [0.717, 1.165) is 15.7 Å². The molecule has 0 aliphatic heterocycles. The lowest BCUT2D eigenvalue weighted by Gasteiger charge is -2.01. The molecule has 0 unspecified atom stereocenters. The molecule has 0 atom stereocenters. The first-order valence-corrected chi connectivity index (χ1v) is 4.78. The van der Waals surface area contributed by atoms with Gasteiger partial charge in [0.2, 0.25) is 0 Å². The Bertz CT molecular complexity index is 442. The van der Waals surface area contributed by atoms with E-state index >= 15 is 0 Å². The summed E-state index contributed by atoms with van der Waals surface area (Å²) >= 11 is 3.33. The van der Waals surface area contributed by atoms with Gasteiger partial charge < -0.3 is 0 Å². The maximum atomic E-state index is 12.7. The zero-order valence-electron chi connectivity index (χ0n) is 7.11. The summed E-state index contributed by atoms with van der Waals surface area (Å²) in [7, 11) is 0. The summed E-state index contributed by atoms with van der Waals surface area (Å²) in [4.78, 5) is 7.95. The van der Waals surface area contributed by atoms with Crippen molar-refractivity contribution >= 4 is 15.9 Å². The maximum Gasteiger partial charge on any atom is 0.123 e. The van der Waals surface area contributed by atoms with Gasteiger partial charge in [0.05, 0.1) is 10.2 Å². The predicted molar refractivity (Wildman–Crippen MR) is 55.1 cm³/mol. The minimum atomic E-state index is -0.251. The molecule has 1 aromatic carbocycles. The third-order valence-corrected chi connectivity index (χ3v) is 2.37. The van der Waals surface area contributed by atoms with Crippen LogP contribution < -0.4 is 0 Å². The van der Waals surface area contributed by atoms with Gasteiger partial charge in [-0.1, -0.05) is 0 Å². The quantitative estimate of drug-likeness (QED) is 0.780. The molecular formula is C10H6BrFN2. The van der Waals surface area contributed by atoms with Crippen molar-refractivity contribution in [2.45, 2.75) is 0 Å². The van der Waals surface area contributed by atoms with Gasteiger partial charge in [-0.05, 0) is 40.2 Å². The summed E-state index contributed by atoms with van der Waals surface area (Å²) in [5, 5.41) is 0. The Kier molecular flexibility index (Phi) is 2.54. The van der Waals surface area contributed by atoms with E-state index in [0.29, 0.717) is 0 Å². The van der Waals surface area contributed by atoms with Crippen LogP contribution in [-0.4, -0.2) is 9.97 Å². The molecule has 0 aliphatic rings. The molecule has 1 heterocycles. The second-order valence-electron chi connectivity index (χ2n) is 2.73. The van der Waals surface area contributed by atoms with Crippen LogP contribution in [-0.2, 0) is 0 Å². The number of rotatable bonds is 1. The molecule has 0 saturated carbocycles. The predicted octanol–water partition coefficient (Wildman–Crippen LogP) is 3.05. The average Bonchev–Trinajstić information content (AvgIpc) is 2.20. The van der Waals surface area contributed by atoms with Crippen molar-refractivity contribution in [3.05, 3.63) is 47.1 Å². The molecule has 0 spiro atoms. The first-order chi connectivity index (χ1) is 6.77. The van der Waals surface area contributed by atoms with Gasteiger partial charge in [-0.3, -0.25) is 0 Å². The Morgan fingerprint density at radius 1 is 1.14 bits per heavy atom. The highest BCUT2D eigenvalue weighted by Crippen LogP contribution is 2.24. The van der Waals surface area contributed by atoms with E-state index < -0.39 is 0 Å². The van der Waals surface area contributed by atoms with Gasteiger partial charge in [0.25, 0.3) is 0 Å². The van der Waals surface area contributed by atoms with E-state index in [1.165, 1.54) is 18.5 Å². The van der Waals surface area contributed by atoms with Crippen molar-refractivity contribution in [3.63, 3.8) is 0 Å². The molecule has 0 saturated heterocycles. The van der Waals surface area contributed by atoms with Crippen molar-refractivity contribution < 1.29 is 4.39 Å². The van der Waals surface area contributed by atoms with Gasteiger partial charge in [0.1, 0.15) is 12.1 Å². The lowest BCUT2D eigenvalue weighted by molar-refractivity contribution is 0.628. The van der Waals surface area contributed by atoms with Gasteiger partial charge in [-0.25, -0.2) is 14.4 Å². The van der Waals surface area contributed by atoms with Gasteiger partial charge in [-0.2, -0.15) is 0 Å². The zero-order chi connectivity index (χ0) is 9.97. The summed E-state index contributed by atoms with van der Waals surface area (Å²) in [6.45, 7) is 0. The van der Waals surface area contributed by atoms with E-state index in [9.17, 15) is 4.39 Å². The highest BCUT2D eigenvalue weighted by atomic mass is 79.9. The van der Waals surface area contributed by atoms with Gasteiger partial charge in [-0.15, -0.1) is 0 Å². The summed E-state index contributed by atoms with van der Waals surface area (Å²) in [6, 6.07) is 6.18. The molecule has 4 heteroatoms. The van der Waals surface area contributed by atoms with Crippen LogP contribution in [0.1, 0.15) is 0 Å². The molecule has 0 aliphatic carbocycles. The fraction of sp³-hybridized carbons (Fsp3) is 0. The van der Waals surface area contributed by atoms with E-state index in [1.54, 1.807) is 18.3 Å². The van der Waals surface area contributed by atoms with Crippen molar-refractivity contribution in [3.8, 4) is 11.3 Å². The second-order valence-corrected chi connectivity index (χ2v) is 3.58. The van der Waals surface area contributed by atoms with Crippen LogP contribution in [0.4, 0.5) is 4.39 Å². The summed E-state index contributed by atoms with van der Waals surface area (Å²) < 4.78 is 13.5. The monoisotopic (exact) mass is 252 g/mol. The number of halogens is 2. The van der Waals surface area contributed by atoms with E-state index in [4.69, 9.17) is 0 Å². The molecule has 0 bridgehead atoms. The number of aromatic nitrogens is 2. The minimum absolute atomic E-state index is 0.251. The third kappa shape index (κ3) is 1.80. The lowest BCUT2D eigenvalue weighted by Crippen LogP contribution is -1.86. The number of benzene rings is 1. The van der Waals surface area contributed by atoms with Gasteiger partial charge in [0.15, 0.2) is 0 Å². The molecular weight excluding hydrogens is 247 g/mol. The second kappa shape index (κ2) is 3.84. The maximum absolute atomic E-state index is 12.7. The highest BCUT2D eigenvalue weighted by Gasteiger charge is 2.03. The Hall–Kier alpha value is -1.29. The molecule has 2 rings (SSSR count). The molecule has 0 radical (unpaired) electrons. The molecule has 70 valence electrons. The fourth-order valence-corrected chi connectivity index (χ4v) is 1.58. The van der Waals surface area contributed by atoms with Crippen LogP contribution in [0.15, 0.2) is 41.3 Å². The molecule has 2 aromatic rings. The van der Waals surface area contributed by atoms with Crippen LogP contribution in [0.5, 0.6) is 0 Å². The normalized spacial score (nSPS) is 10.1. The van der Waals surface area contributed by atoms with Crippen LogP contribution in [0.2, 0.25) is 0 Å². The van der Waals surface area contributed by atoms with Crippen LogP contribution in [0.3, 0.4) is 0 Å². The SMILES string of the molecule is Fc1ccc(-c2ncncc2Br)cc1. The molecule has 0 amide bonds. The largest absolute Gasteiger partial charge is 0.244 e. The lowest BCUT2D eigenvalue weighted by atomic mass is 10.1. The van der Waals surface area contributed by atoms with Crippen LogP contribution >= 0.6 is 15.9 Å². The van der Waals surface area contributed by atoms with Crippen molar-refractivity contribution in [2.24, 2.45) is 0 Å². The molecule has 0 fully saturated rings. The smallest absolute Gasteiger partial charge is 0.123 e. The van der Waals surface area contributed by atoms with E-state index in [-0.39, 0.29) is 5.82 Å². The first-order valence-electron chi connectivity index (χ1n) is 3.99. The highest BCUT2D eigenvalue weighted by molar-refractivity contribution is 9.10. The average molecular weight is 253 g/mol. The topological polar surface area (TPSA) is 25.8 Å². The van der Waals surface area contributed by atoms with E-state index in [1.807, 2.05) is 0 Å². The summed E-state index contributed by atoms with van der Waals surface area (Å²) in [6.07, 6.45) is 3.12. The fourth-order valence-electron chi connectivity index (χ4n) is 1.13. The molecule has 14 heavy (non-hydrogen) atoms. The summed E-state index contributed by atoms with van der Waals surface area (Å²) in [5.74, 6) is -0.251. The number of hydrogen-bond acceptors (Lipinski definition) is 2. The van der Waals surface area contributed by atoms with Crippen molar-refractivity contribution in [1.29, 1.82) is 0 Å². The zero-order valence-corrected chi connectivity index (χ0v) is 8.70. The Morgan fingerprint density at radius 2 is 1.86 bits per heavy atom.